The molecule has 0 radical (unpaired) electrons. The standard InChI is InChI=1S/C15H17ClF2O2/c1-3-6-15(17,18)20-12-9-11(5-4-10(12)2)14(7-8-14)13(16)19/h4-5,9H,3,6-8H2,1-2H3. The van der Waals surface area contributed by atoms with Crippen molar-refractivity contribution in [2.45, 2.75) is 51.1 Å². The van der Waals surface area contributed by atoms with E-state index in [1.54, 1.807) is 26.0 Å². The third-order valence-corrected chi connectivity index (χ3v) is 4.03. The van der Waals surface area contributed by atoms with Gasteiger partial charge in [0.2, 0.25) is 5.24 Å². The summed E-state index contributed by atoms with van der Waals surface area (Å²) >= 11 is 5.61. The summed E-state index contributed by atoms with van der Waals surface area (Å²) in [6.45, 7) is 3.37. The molecular formula is C15H17ClF2O2. The van der Waals surface area contributed by atoms with E-state index >= 15 is 0 Å². The van der Waals surface area contributed by atoms with Crippen molar-refractivity contribution in [1.29, 1.82) is 0 Å². The fraction of sp³-hybridized carbons (Fsp3) is 0.533. The number of aryl methyl sites for hydroxylation is 1. The van der Waals surface area contributed by atoms with Crippen LogP contribution in [0.4, 0.5) is 8.78 Å². The highest BCUT2D eigenvalue weighted by Crippen LogP contribution is 2.51. The van der Waals surface area contributed by atoms with Gasteiger partial charge in [-0.05, 0) is 55.0 Å². The largest absolute Gasteiger partial charge is 0.432 e. The molecule has 20 heavy (non-hydrogen) atoms. The summed E-state index contributed by atoms with van der Waals surface area (Å²) in [4.78, 5) is 11.5. The first-order chi connectivity index (χ1) is 9.31. The molecule has 1 aromatic carbocycles. The first kappa shape index (κ1) is 15.2. The summed E-state index contributed by atoms with van der Waals surface area (Å²) in [6.07, 6.45) is -1.89. The van der Waals surface area contributed by atoms with E-state index in [2.05, 4.69) is 0 Å². The Morgan fingerprint density at radius 3 is 2.60 bits per heavy atom. The molecule has 0 unspecified atom stereocenters. The van der Waals surface area contributed by atoms with E-state index in [1.165, 1.54) is 6.07 Å². The van der Waals surface area contributed by atoms with Gasteiger partial charge >= 0.3 is 6.11 Å². The lowest BCUT2D eigenvalue weighted by molar-refractivity contribution is -0.181. The lowest BCUT2D eigenvalue weighted by atomic mass is 9.96. The quantitative estimate of drug-likeness (QED) is 0.720. The zero-order chi connectivity index (χ0) is 15.0. The molecule has 0 bridgehead atoms. The van der Waals surface area contributed by atoms with Crippen molar-refractivity contribution in [2.24, 2.45) is 0 Å². The van der Waals surface area contributed by atoms with Crippen molar-refractivity contribution in [3.8, 4) is 5.75 Å². The number of rotatable bonds is 6. The van der Waals surface area contributed by atoms with Crippen molar-refractivity contribution in [3.05, 3.63) is 29.3 Å². The normalized spacial score (nSPS) is 16.9. The zero-order valence-electron chi connectivity index (χ0n) is 11.5. The fourth-order valence-electron chi connectivity index (χ4n) is 2.23. The van der Waals surface area contributed by atoms with Crippen molar-refractivity contribution >= 4 is 16.8 Å². The number of hydrogen-bond acceptors (Lipinski definition) is 2. The van der Waals surface area contributed by atoms with Crippen LogP contribution < -0.4 is 4.74 Å². The topological polar surface area (TPSA) is 26.3 Å². The Kier molecular flexibility index (Phi) is 4.05. The highest BCUT2D eigenvalue weighted by molar-refractivity contribution is 6.66. The molecule has 0 amide bonds. The number of ether oxygens (including phenoxy) is 1. The van der Waals surface area contributed by atoms with Crippen molar-refractivity contribution < 1.29 is 18.3 Å². The molecule has 110 valence electrons. The van der Waals surface area contributed by atoms with E-state index in [0.717, 1.165) is 0 Å². The molecule has 2 nitrogen and oxygen atoms in total. The van der Waals surface area contributed by atoms with E-state index in [4.69, 9.17) is 16.3 Å². The first-order valence-corrected chi connectivity index (χ1v) is 7.06. The average molecular weight is 303 g/mol. The number of halogens is 3. The van der Waals surface area contributed by atoms with Crippen molar-refractivity contribution in [1.82, 2.24) is 0 Å². The van der Waals surface area contributed by atoms with E-state index in [9.17, 15) is 13.6 Å². The van der Waals surface area contributed by atoms with Gasteiger partial charge in [0, 0.05) is 0 Å². The predicted molar refractivity (Wildman–Crippen MR) is 73.4 cm³/mol. The fourth-order valence-corrected chi connectivity index (χ4v) is 2.53. The van der Waals surface area contributed by atoms with Crippen LogP contribution in [-0.2, 0) is 10.2 Å². The molecule has 0 aliphatic heterocycles. The average Bonchev–Trinajstić information content (AvgIpc) is 3.12. The van der Waals surface area contributed by atoms with Gasteiger partial charge in [-0.2, -0.15) is 8.78 Å². The second-order valence-electron chi connectivity index (χ2n) is 5.33. The number of benzene rings is 1. The van der Waals surface area contributed by atoms with Crippen molar-refractivity contribution in [3.63, 3.8) is 0 Å². The van der Waals surface area contributed by atoms with Gasteiger partial charge in [-0.15, -0.1) is 0 Å². The third kappa shape index (κ3) is 2.95. The van der Waals surface area contributed by atoms with Crippen LogP contribution in [0.15, 0.2) is 18.2 Å². The van der Waals surface area contributed by atoms with Crippen LogP contribution in [0.5, 0.6) is 5.75 Å². The molecule has 1 fully saturated rings. The molecule has 1 aliphatic rings. The van der Waals surface area contributed by atoms with Crippen LogP contribution in [0.1, 0.15) is 43.7 Å². The van der Waals surface area contributed by atoms with Crippen molar-refractivity contribution in [2.75, 3.05) is 0 Å². The SMILES string of the molecule is CCCC(F)(F)Oc1cc(C2(C(=O)Cl)CC2)ccc1C. The number of carbonyl (C=O) groups is 1. The van der Waals surface area contributed by atoms with Gasteiger partial charge in [-0.1, -0.05) is 19.1 Å². The van der Waals surface area contributed by atoms with Crippen LogP contribution in [-0.4, -0.2) is 11.4 Å². The monoisotopic (exact) mass is 302 g/mol. The Morgan fingerprint density at radius 1 is 1.45 bits per heavy atom. The van der Waals surface area contributed by atoms with Gasteiger partial charge in [0.1, 0.15) is 5.75 Å². The summed E-state index contributed by atoms with van der Waals surface area (Å²) in [6, 6.07) is 4.96. The molecule has 1 saturated carbocycles. The summed E-state index contributed by atoms with van der Waals surface area (Å²) in [5, 5.41) is -0.437. The summed E-state index contributed by atoms with van der Waals surface area (Å²) in [7, 11) is 0. The Bertz CT molecular complexity index is 525. The minimum absolute atomic E-state index is 0.116. The Morgan fingerprint density at radius 2 is 2.10 bits per heavy atom. The minimum atomic E-state index is -3.19. The molecule has 0 aromatic heterocycles. The van der Waals surface area contributed by atoms with Crippen LogP contribution >= 0.6 is 11.6 Å². The van der Waals surface area contributed by atoms with Gasteiger partial charge in [-0.3, -0.25) is 4.79 Å². The molecule has 2 rings (SSSR count). The Labute approximate surface area is 122 Å². The number of hydrogen-bond donors (Lipinski definition) is 0. The number of carbonyl (C=O) groups excluding carboxylic acids is 1. The highest BCUT2D eigenvalue weighted by atomic mass is 35.5. The van der Waals surface area contributed by atoms with Gasteiger partial charge < -0.3 is 4.74 Å². The van der Waals surface area contributed by atoms with Crippen LogP contribution in [0.25, 0.3) is 0 Å². The molecule has 1 aromatic rings. The van der Waals surface area contributed by atoms with Crippen LogP contribution in [0, 0.1) is 6.92 Å². The van der Waals surface area contributed by atoms with E-state index in [-0.39, 0.29) is 12.2 Å². The Hall–Kier alpha value is -1.16. The van der Waals surface area contributed by atoms with E-state index in [0.29, 0.717) is 30.4 Å². The van der Waals surface area contributed by atoms with Gasteiger partial charge in [0.05, 0.1) is 11.8 Å². The first-order valence-electron chi connectivity index (χ1n) is 6.69. The van der Waals surface area contributed by atoms with Crippen LogP contribution in [0.3, 0.4) is 0 Å². The lowest BCUT2D eigenvalue weighted by Gasteiger charge is -2.20. The summed E-state index contributed by atoms with van der Waals surface area (Å²) < 4.78 is 32.0. The molecule has 0 saturated heterocycles. The maximum Gasteiger partial charge on any atom is 0.397 e. The molecular weight excluding hydrogens is 286 g/mol. The minimum Gasteiger partial charge on any atom is -0.432 e. The third-order valence-electron chi connectivity index (χ3n) is 3.67. The summed E-state index contributed by atoms with van der Waals surface area (Å²) in [5.74, 6) is 0.116. The van der Waals surface area contributed by atoms with Gasteiger partial charge in [-0.25, -0.2) is 0 Å². The Balaban J connectivity index is 2.28. The predicted octanol–water partition coefficient (Wildman–Crippen LogP) is 4.56. The molecule has 0 spiro atoms. The van der Waals surface area contributed by atoms with Crippen LogP contribution in [0.2, 0.25) is 0 Å². The zero-order valence-corrected chi connectivity index (χ0v) is 12.3. The molecule has 1 aliphatic carbocycles. The maximum absolute atomic E-state index is 13.6. The second kappa shape index (κ2) is 5.32. The highest BCUT2D eigenvalue weighted by Gasteiger charge is 2.50. The number of alkyl halides is 2. The van der Waals surface area contributed by atoms with Gasteiger partial charge in [0.25, 0.3) is 0 Å². The molecule has 0 N–H and O–H groups in total. The molecule has 0 atom stereocenters. The maximum atomic E-state index is 13.6. The van der Waals surface area contributed by atoms with E-state index < -0.39 is 16.8 Å². The smallest absolute Gasteiger partial charge is 0.397 e. The molecule has 0 heterocycles. The second-order valence-corrected chi connectivity index (χ2v) is 5.67. The van der Waals surface area contributed by atoms with E-state index in [1.807, 2.05) is 0 Å². The lowest BCUT2D eigenvalue weighted by Crippen LogP contribution is -2.25. The summed E-state index contributed by atoms with van der Waals surface area (Å²) in [5.41, 5.74) is 0.570. The molecule has 5 heteroatoms. The van der Waals surface area contributed by atoms with Gasteiger partial charge in [0.15, 0.2) is 0 Å².